The molecule has 0 radical (unpaired) electrons. The molecule has 144 valence electrons. The number of rotatable bonds is 2. The molecule has 2 bridgehead atoms. The molecule has 2 amide bonds. The van der Waals surface area contributed by atoms with E-state index in [1.807, 2.05) is 24.3 Å². The highest BCUT2D eigenvalue weighted by Gasteiger charge is 2.60. The Balaban J connectivity index is 1.39. The maximum atomic E-state index is 13.1. The van der Waals surface area contributed by atoms with Crippen molar-refractivity contribution in [2.45, 2.75) is 70.0 Å². The highest BCUT2D eigenvalue weighted by atomic mass is 16.2. The van der Waals surface area contributed by atoms with Gasteiger partial charge < -0.3 is 16.0 Å². The molecule has 0 unspecified atom stereocenters. The molecular formula is C22H29N3O2. The molecule has 6 rings (SSSR count). The van der Waals surface area contributed by atoms with Gasteiger partial charge in [-0.15, -0.1) is 0 Å². The van der Waals surface area contributed by atoms with Gasteiger partial charge >= 0.3 is 0 Å². The summed E-state index contributed by atoms with van der Waals surface area (Å²) in [6.45, 7) is 2.25. The Hall–Kier alpha value is -2.04. The smallest absolute Gasteiger partial charge is 0.255 e. The SMILES string of the molecule is C[C@@]12CC[C@@H](C[C@@H]1C(=O)NC1CCCC1)[C@]1(C2)NC(=O)c2ccccc2N1. The molecule has 4 saturated carbocycles. The lowest BCUT2D eigenvalue weighted by Gasteiger charge is -2.60. The van der Waals surface area contributed by atoms with Gasteiger partial charge in [0.2, 0.25) is 5.91 Å². The molecule has 4 fully saturated rings. The lowest BCUT2D eigenvalue weighted by atomic mass is 9.51. The zero-order valence-electron chi connectivity index (χ0n) is 16.0. The van der Waals surface area contributed by atoms with Crippen molar-refractivity contribution in [2.24, 2.45) is 17.3 Å². The minimum Gasteiger partial charge on any atom is -0.362 e. The van der Waals surface area contributed by atoms with E-state index >= 15 is 0 Å². The van der Waals surface area contributed by atoms with Crippen molar-refractivity contribution in [2.75, 3.05) is 5.32 Å². The first-order chi connectivity index (χ1) is 13.0. The monoisotopic (exact) mass is 367 g/mol. The van der Waals surface area contributed by atoms with Crippen LogP contribution in [0.15, 0.2) is 24.3 Å². The fourth-order valence-corrected chi connectivity index (χ4v) is 6.23. The number of hydrogen-bond donors (Lipinski definition) is 3. The van der Waals surface area contributed by atoms with Gasteiger partial charge in [-0.3, -0.25) is 9.59 Å². The van der Waals surface area contributed by atoms with Gasteiger partial charge in [0.25, 0.3) is 5.91 Å². The Morgan fingerprint density at radius 1 is 1.15 bits per heavy atom. The normalized spacial score (nSPS) is 37.6. The maximum Gasteiger partial charge on any atom is 0.255 e. The number of amides is 2. The van der Waals surface area contributed by atoms with Crippen LogP contribution in [-0.2, 0) is 4.79 Å². The number of carbonyl (C=O) groups excluding carboxylic acids is 2. The first-order valence-corrected chi connectivity index (χ1v) is 10.5. The number of hydrogen-bond acceptors (Lipinski definition) is 3. The summed E-state index contributed by atoms with van der Waals surface area (Å²) in [5, 5.41) is 10.3. The Morgan fingerprint density at radius 3 is 2.70 bits per heavy atom. The summed E-state index contributed by atoms with van der Waals surface area (Å²) in [5.74, 6) is 0.591. The molecule has 1 aromatic rings. The number of anilines is 1. The van der Waals surface area contributed by atoms with Gasteiger partial charge in [0, 0.05) is 23.6 Å². The lowest BCUT2D eigenvalue weighted by molar-refractivity contribution is -0.140. The average Bonchev–Trinajstić information content (AvgIpc) is 3.14. The largest absolute Gasteiger partial charge is 0.362 e. The second kappa shape index (κ2) is 5.98. The lowest BCUT2D eigenvalue weighted by Crippen LogP contribution is -2.70. The molecule has 0 saturated heterocycles. The summed E-state index contributed by atoms with van der Waals surface area (Å²) in [5.41, 5.74) is 1.14. The molecule has 1 spiro atoms. The number of nitrogens with one attached hydrogen (secondary N) is 3. The third kappa shape index (κ3) is 2.66. The van der Waals surface area contributed by atoms with Crippen molar-refractivity contribution < 1.29 is 9.59 Å². The van der Waals surface area contributed by atoms with Crippen LogP contribution in [0.3, 0.4) is 0 Å². The third-order valence-corrected chi connectivity index (χ3v) is 7.69. The highest BCUT2D eigenvalue weighted by Crippen LogP contribution is 2.58. The first kappa shape index (κ1) is 17.1. The summed E-state index contributed by atoms with van der Waals surface area (Å²) < 4.78 is 0. The van der Waals surface area contributed by atoms with Crippen molar-refractivity contribution in [3.8, 4) is 0 Å². The van der Waals surface area contributed by atoms with E-state index in [0.29, 0.717) is 11.6 Å². The maximum absolute atomic E-state index is 13.1. The van der Waals surface area contributed by atoms with Gasteiger partial charge in [-0.05, 0) is 56.1 Å². The van der Waals surface area contributed by atoms with Crippen LogP contribution in [0.5, 0.6) is 0 Å². The van der Waals surface area contributed by atoms with Crippen LogP contribution >= 0.6 is 0 Å². The minimum atomic E-state index is -0.414. The van der Waals surface area contributed by atoms with Gasteiger partial charge in [0.1, 0.15) is 5.66 Å². The van der Waals surface area contributed by atoms with E-state index in [1.165, 1.54) is 12.8 Å². The van der Waals surface area contributed by atoms with Gasteiger partial charge in [0.05, 0.1) is 5.56 Å². The summed E-state index contributed by atoms with van der Waals surface area (Å²) in [6.07, 6.45) is 8.48. The van der Waals surface area contributed by atoms with Crippen LogP contribution in [-0.4, -0.2) is 23.5 Å². The Labute approximate surface area is 160 Å². The zero-order valence-corrected chi connectivity index (χ0v) is 16.0. The summed E-state index contributed by atoms with van der Waals surface area (Å²) in [7, 11) is 0. The summed E-state index contributed by atoms with van der Waals surface area (Å²) in [6, 6.07) is 8.10. The molecule has 3 N–H and O–H groups in total. The molecule has 27 heavy (non-hydrogen) atoms. The molecule has 5 nitrogen and oxygen atoms in total. The van der Waals surface area contributed by atoms with E-state index in [1.54, 1.807) is 0 Å². The summed E-state index contributed by atoms with van der Waals surface area (Å²) in [4.78, 5) is 25.8. The van der Waals surface area contributed by atoms with E-state index in [2.05, 4.69) is 22.9 Å². The Morgan fingerprint density at radius 2 is 1.93 bits per heavy atom. The number of fused-ring (bicyclic) bond motifs is 3. The van der Waals surface area contributed by atoms with E-state index in [4.69, 9.17) is 0 Å². The number of carbonyl (C=O) groups is 2. The quantitative estimate of drug-likeness (QED) is 0.750. The number of benzene rings is 1. The fraction of sp³-hybridized carbons (Fsp3) is 0.636. The van der Waals surface area contributed by atoms with Crippen molar-refractivity contribution in [1.29, 1.82) is 0 Å². The number of para-hydroxylation sites is 1. The fourth-order valence-electron chi connectivity index (χ4n) is 6.23. The molecular weight excluding hydrogens is 338 g/mol. The molecule has 4 atom stereocenters. The first-order valence-electron chi connectivity index (χ1n) is 10.5. The van der Waals surface area contributed by atoms with Crippen molar-refractivity contribution in [3.05, 3.63) is 29.8 Å². The van der Waals surface area contributed by atoms with Crippen LogP contribution in [0, 0.1) is 17.3 Å². The average molecular weight is 367 g/mol. The van der Waals surface area contributed by atoms with Gasteiger partial charge in [-0.1, -0.05) is 31.9 Å². The van der Waals surface area contributed by atoms with Crippen LogP contribution in [0.25, 0.3) is 0 Å². The predicted molar refractivity (Wildman–Crippen MR) is 104 cm³/mol. The minimum absolute atomic E-state index is 0.00690. The topological polar surface area (TPSA) is 70.2 Å². The van der Waals surface area contributed by atoms with E-state index in [0.717, 1.165) is 44.2 Å². The molecule has 0 aromatic heterocycles. The van der Waals surface area contributed by atoms with Crippen LogP contribution in [0.4, 0.5) is 5.69 Å². The van der Waals surface area contributed by atoms with Crippen molar-refractivity contribution >= 4 is 17.5 Å². The van der Waals surface area contributed by atoms with E-state index in [9.17, 15) is 9.59 Å². The third-order valence-electron chi connectivity index (χ3n) is 7.69. The van der Waals surface area contributed by atoms with E-state index in [-0.39, 0.29) is 29.1 Å². The second-order valence-corrected chi connectivity index (χ2v) is 9.44. The van der Waals surface area contributed by atoms with Crippen LogP contribution in [0.2, 0.25) is 0 Å². The van der Waals surface area contributed by atoms with Crippen molar-refractivity contribution in [3.63, 3.8) is 0 Å². The Bertz CT molecular complexity index is 788. The molecule has 1 aliphatic heterocycles. The standard InChI is InChI=1S/C22H29N3O2/c1-21-11-10-14(12-17(21)20(27)23-15-6-2-3-7-15)22(13-21)24-18-9-5-4-8-16(18)19(26)25-22/h4-5,8-9,14-15,17,24H,2-3,6-7,10-13H2,1H3,(H,23,27)(H,25,26)/t14-,17+,21-,22-/m0/s1. The molecule has 1 aromatic carbocycles. The van der Waals surface area contributed by atoms with Crippen molar-refractivity contribution in [1.82, 2.24) is 10.6 Å². The van der Waals surface area contributed by atoms with Crippen LogP contribution in [0.1, 0.15) is 68.6 Å². The highest BCUT2D eigenvalue weighted by molar-refractivity contribution is 6.02. The van der Waals surface area contributed by atoms with Gasteiger partial charge in [-0.2, -0.15) is 0 Å². The van der Waals surface area contributed by atoms with Gasteiger partial charge in [0.15, 0.2) is 0 Å². The predicted octanol–water partition coefficient (Wildman–Crippen LogP) is 3.42. The zero-order chi connectivity index (χ0) is 18.6. The molecule has 5 heteroatoms. The van der Waals surface area contributed by atoms with Gasteiger partial charge in [-0.25, -0.2) is 0 Å². The summed E-state index contributed by atoms with van der Waals surface area (Å²) >= 11 is 0. The molecule has 5 aliphatic rings. The molecule has 1 heterocycles. The molecule has 4 aliphatic carbocycles. The second-order valence-electron chi connectivity index (χ2n) is 9.44. The van der Waals surface area contributed by atoms with E-state index < -0.39 is 5.66 Å². The van der Waals surface area contributed by atoms with Crippen LogP contribution < -0.4 is 16.0 Å². The Kier molecular flexibility index (Phi) is 3.78.